The highest BCUT2D eigenvalue weighted by atomic mass is 16.7. The number of carbonyl (C=O) groups is 1. The predicted octanol–water partition coefficient (Wildman–Crippen LogP) is 3.20. The van der Waals surface area contributed by atoms with E-state index in [0.717, 1.165) is 12.8 Å². The molecule has 0 spiro atoms. The zero-order chi connectivity index (χ0) is 15.9. The maximum atomic E-state index is 9.80. The van der Waals surface area contributed by atoms with Crippen molar-refractivity contribution in [2.24, 2.45) is 0 Å². The minimum absolute atomic E-state index is 0.286. The van der Waals surface area contributed by atoms with Crippen molar-refractivity contribution < 1.29 is 19.1 Å². The lowest BCUT2D eigenvalue weighted by Gasteiger charge is -2.30. The number of hydrogen-bond donors (Lipinski definition) is 0. The van der Waals surface area contributed by atoms with E-state index in [4.69, 9.17) is 0 Å². The molecule has 0 bridgehead atoms. The van der Waals surface area contributed by atoms with E-state index in [1.54, 1.807) is 0 Å². The van der Waals surface area contributed by atoms with Crippen LogP contribution < -0.4 is 5.11 Å². The van der Waals surface area contributed by atoms with E-state index < -0.39 is 6.16 Å². The van der Waals surface area contributed by atoms with E-state index >= 15 is 0 Å². The highest BCUT2D eigenvalue weighted by molar-refractivity contribution is 5.53. The second-order valence-electron chi connectivity index (χ2n) is 5.43. The van der Waals surface area contributed by atoms with Crippen LogP contribution >= 0.6 is 0 Å². The molecule has 0 unspecified atom stereocenters. The molecule has 0 aromatic rings. The molecule has 0 radical (unpaired) electrons. The molecule has 0 rings (SSSR count). The normalized spacial score (nSPS) is 10.7. The average Bonchev–Trinajstić information content (AvgIpc) is 2.46. The fourth-order valence-corrected chi connectivity index (χ4v) is 1.71. The Morgan fingerprint density at radius 3 is 1.70 bits per heavy atom. The SMILES string of the molecule is CCCCCCCCOC(=O)[O-].CC[N+](C)(CC)CC. The largest absolute Gasteiger partial charge is 0.550 e. The zero-order valence-corrected chi connectivity index (χ0v) is 14.2. The fourth-order valence-electron chi connectivity index (χ4n) is 1.71. The van der Waals surface area contributed by atoms with Gasteiger partial charge in [0.15, 0.2) is 0 Å². The van der Waals surface area contributed by atoms with Crippen molar-refractivity contribution in [1.29, 1.82) is 0 Å². The minimum atomic E-state index is -1.41. The molecule has 122 valence electrons. The van der Waals surface area contributed by atoms with Gasteiger partial charge in [-0.2, -0.15) is 0 Å². The van der Waals surface area contributed by atoms with Gasteiger partial charge in [-0.25, -0.2) is 0 Å². The van der Waals surface area contributed by atoms with Crippen LogP contribution in [0.4, 0.5) is 4.79 Å². The smallest absolute Gasteiger partial charge is 0.251 e. The summed E-state index contributed by atoms with van der Waals surface area (Å²) in [5, 5.41) is 9.80. The van der Waals surface area contributed by atoms with E-state index in [1.807, 2.05) is 0 Å². The molecule has 4 nitrogen and oxygen atoms in total. The van der Waals surface area contributed by atoms with Gasteiger partial charge in [-0.05, 0) is 27.2 Å². The van der Waals surface area contributed by atoms with Crippen LogP contribution in [0.2, 0.25) is 0 Å². The Morgan fingerprint density at radius 1 is 0.900 bits per heavy atom. The van der Waals surface area contributed by atoms with Gasteiger partial charge < -0.3 is 19.1 Å². The van der Waals surface area contributed by atoms with Gasteiger partial charge in [0.2, 0.25) is 0 Å². The molecule has 0 aromatic carbocycles. The highest BCUT2D eigenvalue weighted by Crippen LogP contribution is 2.04. The average molecular weight is 289 g/mol. The number of nitrogens with zero attached hydrogens (tertiary/aromatic N) is 1. The third-order valence-electron chi connectivity index (χ3n) is 4.01. The number of unbranched alkanes of at least 4 members (excludes halogenated alkanes) is 5. The third-order valence-corrected chi connectivity index (χ3v) is 4.01. The van der Waals surface area contributed by atoms with Crippen LogP contribution in [-0.2, 0) is 4.74 Å². The number of ether oxygens (including phenoxy) is 1. The molecule has 0 heterocycles. The summed E-state index contributed by atoms with van der Waals surface area (Å²) in [4.78, 5) is 9.80. The zero-order valence-electron chi connectivity index (χ0n) is 14.2. The monoisotopic (exact) mass is 289 g/mol. The molecule has 20 heavy (non-hydrogen) atoms. The van der Waals surface area contributed by atoms with Crippen LogP contribution in [-0.4, -0.2) is 43.9 Å². The summed E-state index contributed by atoms with van der Waals surface area (Å²) >= 11 is 0. The second kappa shape index (κ2) is 14.6. The Kier molecular flexibility index (Phi) is 15.8. The van der Waals surface area contributed by atoms with Crippen molar-refractivity contribution in [2.75, 3.05) is 33.3 Å². The molecule has 0 saturated carbocycles. The van der Waals surface area contributed by atoms with Crippen molar-refractivity contribution in [3.05, 3.63) is 0 Å². The van der Waals surface area contributed by atoms with Crippen LogP contribution in [0, 0.1) is 0 Å². The van der Waals surface area contributed by atoms with E-state index in [9.17, 15) is 9.90 Å². The molecule has 0 atom stereocenters. The lowest BCUT2D eigenvalue weighted by molar-refractivity contribution is -0.904. The van der Waals surface area contributed by atoms with E-state index in [0.29, 0.717) is 0 Å². The molecule has 0 aliphatic rings. The van der Waals surface area contributed by atoms with Crippen molar-refractivity contribution in [2.45, 2.75) is 66.2 Å². The summed E-state index contributed by atoms with van der Waals surface area (Å²) in [6, 6.07) is 0. The van der Waals surface area contributed by atoms with Crippen LogP contribution in [0.5, 0.6) is 0 Å². The molecule has 0 aliphatic carbocycles. The van der Waals surface area contributed by atoms with E-state index in [-0.39, 0.29) is 6.61 Å². The number of carboxylic acid groups (broad SMARTS) is 1. The first kappa shape index (κ1) is 21.5. The van der Waals surface area contributed by atoms with Crippen LogP contribution in [0.15, 0.2) is 0 Å². The first-order valence-electron chi connectivity index (χ1n) is 8.13. The van der Waals surface area contributed by atoms with Gasteiger partial charge in [0.1, 0.15) is 0 Å². The van der Waals surface area contributed by atoms with Gasteiger partial charge in [0.05, 0.1) is 26.7 Å². The van der Waals surface area contributed by atoms with Crippen LogP contribution in [0.25, 0.3) is 0 Å². The summed E-state index contributed by atoms with van der Waals surface area (Å²) in [7, 11) is 2.29. The van der Waals surface area contributed by atoms with Crippen molar-refractivity contribution in [1.82, 2.24) is 0 Å². The molecule has 0 aromatic heterocycles. The molecule has 0 N–H and O–H groups in total. The topological polar surface area (TPSA) is 49.4 Å². The van der Waals surface area contributed by atoms with Gasteiger partial charge >= 0.3 is 0 Å². The summed E-state index contributed by atoms with van der Waals surface area (Å²) in [5.74, 6) is 0. The molecule has 0 amide bonds. The number of hydrogen-bond acceptors (Lipinski definition) is 3. The molecule has 0 fully saturated rings. The molecular formula is C16H35NO3. The van der Waals surface area contributed by atoms with Gasteiger partial charge in [-0.1, -0.05) is 39.0 Å². The lowest BCUT2D eigenvalue weighted by atomic mass is 10.1. The van der Waals surface area contributed by atoms with Crippen molar-refractivity contribution in [3.63, 3.8) is 0 Å². The van der Waals surface area contributed by atoms with Crippen molar-refractivity contribution >= 4 is 6.16 Å². The third kappa shape index (κ3) is 15.3. The van der Waals surface area contributed by atoms with Gasteiger partial charge in [0, 0.05) is 6.61 Å². The van der Waals surface area contributed by atoms with Crippen LogP contribution in [0.1, 0.15) is 66.2 Å². The number of carbonyl (C=O) groups excluding carboxylic acids is 1. The Labute approximate surface area is 125 Å². The first-order chi connectivity index (χ1) is 9.45. The maximum absolute atomic E-state index is 9.80. The number of rotatable bonds is 10. The quantitative estimate of drug-likeness (QED) is 0.352. The highest BCUT2D eigenvalue weighted by Gasteiger charge is 2.10. The van der Waals surface area contributed by atoms with Gasteiger partial charge in [-0.3, -0.25) is 0 Å². The van der Waals surface area contributed by atoms with Gasteiger partial charge in [-0.15, -0.1) is 0 Å². The Balaban J connectivity index is 0. The van der Waals surface area contributed by atoms with Gasteiger partial charge in [0.25, 0.3) is 6.16 Å². The Hall–Kier alpha value is -0.770. The molecule has 4 heteroatoms. The first-order valence-corrected chi connectivity index (χ1v) is 8.13. The summed E-state index contributed by atoms with van der Waals surface area (Å²) in [6.45, 7) is 13.0. The summed E-state index contributed by atoms with van der Waals surface area (Å²) in [6.07, 6.45) is 5.36. The summed E-state index contributed by atoms with van der Waals surface area (Å²) < 4.78 is 5.46. The number of quaternary nitrogens is 1. The standard InChI is InChI=1S/C9H18O3.C7H18N/c1-2-3-4-5-6-7-8-12-9(10)11;1-5-8(4,6-2)7-3/h2-8H2,1H3,(H,10,11);5-7H2,1-4H3/q;+1/p-1. The molecule has 0 saturated heterocycles. The Bertz CT molecular complexity index is 208. The molecular weight excluding hydrogens is 254 g/mol. The Morgan fingerprint density at radius 2 is 1.35 bits per heavy atom. The summed E-state index contributed by atoms with van der Waals surface area (Å²) in [5.41, 5.74) is 0. The van der Waals surface area contributed by atoms with E-state index in [2.05, 4.69) is 39.5 Å². The fraction of sp³-hybridized carbons (Fsp3) is 0.938. The maximum Gasteiger partial charge on any atom is 0.251 e. The molecule has 0 aliphatic heterocycles. The predicted molar refractivity (Wildman–Crippen MR) is 82.5 cm³/mol. The van der Waals surface area contributed by atoms with E-state index in [1.165, 1.54) is 49.8 Å². The second-order valence-corrected chi connectivity index (χ2v) is 5.43. The van der Waals surface area contributed by atoms with Crippen LogP contribution in [0.3, 0.4) is 0 Å². The lowest BCUT2D eigenvalue weighted by Crippen LogP contribution is -2.42. The minimum Gasteiger partial charge on any atom is -0.550 e. The van der Waals surface area contributed by atoms with Crippen molar-refractivity contribution in [3.8, 4) is 0 Å².